The molecule has 0 radical (unpaired) electrons. The Morgan fingerprint density at radius 2 is 1.89 bits per heavy atom. The van der Waals surface area contributed by atoms with Gasteiger partial charge in [0, 0.05) is 47.2 Å². The lowest BCUT2D eigenvalue weighted by molar-refractivity contribution is -0.129. The standard InChI is InChI=1S/C18H25N3O4S3/c1-12-9-17(15(4)27-12)28(23,24)21-7-5-20(6-8-21)18(22)11-26-10-16-13(2)19-25-14(16)3/h9H,5-8,10-11H2,1-4H3. The van der Waals surface area contributed by atoms with E-state index < -0.39 is 10.0 Å². The number of thioether (sulfide) groups is 1. The molecule has 1 saturated heterocycles. The van der Waals surface area contributed by atoms with Crippen LogP contribution in [0.4, 0.5) is 0 Å². The Hall–Kier alpha value is -1.36. The van der Waals surface area contributed by atoms with Crippen LogP contribution in [0.2, 0.25) is 0 Å². The van der Waals surface area contributed by atoms with Gasteiger partial charge in [-0.3, -0.25) is 4.79 Å². The summed E-state index contributed by atoms with van der Waals surface area (Å²) >= 11 is 3.02. The number of aromatic nitrogens is 1. The van der Waals surface area contributed by atoms with Crippen molar-refractivity contribution >= 4 is 39.0 Å². The van der Waals surface area contributed by atoms with Gasteiger partial charge < -0.3 is 9.42 Å². The van der Waals surface area contributed by atoms with Gasteiger partial charge in [-0.1, -0.05) is 5.16 Å². The van der Waals surface area contributed by atoms with Crippen molar-refractivity contribution in [3.63, 3.8) is 0 Å². The summed E-state index contributed by atoms with van der Waals surface area (Å²) < 4.78 is 32.4. The summed E-state index contributed by atoms with van der Waals surface area (Å²) in [7, 11) is -3.49. The molecule has 0 N–H and O–H groups in total. The second kappa shape index (κ2) is 8.56. The SMILES string of the molecule is Cc1cc(S(=O)(=O)N2CCN(C(=O)CSCc3c(C)noc3C)CC2)c(C)s1. The summed E-state index contributed by atoms with van der Waals surface area (Å²) in [6, 6.07) is 1.73. The number of piperazine rings is 1. The Balaban J connectivity index is 1.52. The zero-order valence-corrected chi connectivity index (χ0v) is 19.0. The zero-order valence-electron chi connectivity index (χ0n) is 16.5. The van der Waals surface area contributed by atoms with Crippen molar-refractivity contribution in [2.45, 2.75) is 38.3 Å². The number of nitrogens with zero attached hydrogens (tertiary/aromatic N) is 3. The van der Waals surface area contributed by atoms with Gasteiger partial charge in [0.25, 0.3) is 0 Å². The van der Waals surface area contributed by atoms with E-state index in [1.807, 2.05) is 27.7 Å². The monoisotopic (exact) mass is 443 g/mol. The normalized spacial score (nSPS) is 15.9. The van der Waals surface area contributed by atoms with Crippen LogP contribution in [0.1, 0.15) is 26.8 Å². The average molecular weight is 444 g/mol. The first-order valence-corrected chi connectivity index (χ1v) is 12.5. The Bertz CT molecular complexity index is 937. The van der Waals surface area contributed by atoms with Crippen LogP contribution in [-0.4, -0.2) is 60.6 Å². The number of sulfonamides is 1. The molecule has 3 heterocycles. The number of carbonyl (C=O) groups is 1. The van der Waals surface area contributed by atoms with E-state index in [4.69, 9.17) is 4.52 Å². The fraction of sp³-hybridized carbons (Fsp3) is 0.556. The molecular weight excluding hydrogens is 418 g/mol. The van der Waals surface area contributed by atoms with Crippen LogP contribution >= 0.6 is 23.1 Å². The lowest BCUT2D eigenvalue weighted by atomic mass is 10.2. The maximum atomic E-state index is 12.9. The van der Waals surface area contributed by atoms with Crippen LogP contribution in [0.15, 0.2) is 15.5 Å². The molecule has 0 atom stereocenters. The molecule has 1 aliphatic heterocycles. The van der Waals surface area contributed by atoms with E-state index in [1.165, 1.54) is 27.4 Å². The van der Waals surface area contributed by atoms with E-state index in [-0.39, 0.29) is 5.91 Å². The fourth-order valence-electron chi connectivity index (χ4n) is 3.22. The van der Waals surface area contributed by atoms with Gasteiger partial charge in [0.05, 0.1) is 16.3 Å². The molecule has 28 heavy (non-hydrogen) atoms. The van der Waals surface area contributed by atoms with Crippen LogP contribution in [0, 0.1) is 27.7 Å². The Kier molecular flexibility index (Phi) is 6.53. The van der Waals surface area contributed by atoms with Gasteiger partial charge in [-0.2, -0.15) is 4.31 Å². The van der Waals surface area contributed by atoms with Gasteiger partial charge in [-0.25, -0.2) is 8.42 Å². The summed E-state index contributed by atoms with van der Waals surface area (Å²) in [4.78, 5) is 16.4. The molecule has 0 spiro atoms. The van der Waals surface area contributed by atoms with Crippen LogP contribution in [-0.2, 0) is 20.6 Å². The molecular formula is C18H25N3O4S3. The van der Waals surface area contributed by atoms with Gasteiger partial charge in [-0.15, -0.1) is 23.1 Å². The van der Waals surface area contributed by atoms with E-state index in [0.717, 1.165) is 26.8 Å². The molecule has 154 valence electrons. The molecule has 0 saturated carbocycles. The summed E-state index contributed by atoms with van der Waals surface area (Å²) in [6.07, 6.45) is 0. The van der Waals surface area contributed by atoms with E-state index in [9.17, 15) is 13.2 Å². The van der Waals surface area contributed by atoms with Crippen molar-refractivity contribution in [1.82, 2.24) is 14.4 Å². The first-order chi connectivity index (χ1) is 13.2. The third kappa shape index (κ3) is 4.45. The number of thiophene rings is 1. The molecule has 2 aromatic heterocycles. The second-order valence-corrected chi connectivity index (χ2v) is 11.2. The van der Waals surface area contributed by atoms with Crippen LogP contribution in [0.3, 0.4) is 0 Å². The smallest absolute Gasteiger partial charge is 0.244 e. The summed E-state index contributed by atoms with van der Waals surface area (Å²) in [6.45, 7) is 9.01. The highest BCUT2D eigenvalue weighted by Gasteiger charge is 2.31. The highest BCUT2D eigenvalue weighted by atomic mass is 32.2. The molecule has 7 nitrogen and oxygen atoms in total. The Morgan fingerprint density at radius 1 is 1.21 bits per heavy atom. The van der Waals surface area contributed by atoms with Gasteiger partial charge in [0.15, 0.2) is 0 Å². The molecule has 1 aliphatic rings. The average Bonchev–Trinajstić information content (AvgIpc) is 3.17. The minimum absolute atomic E-state index is 0.0383. The Labute approximate surface area is 174 Å². The first-order valence-electron chi connectivity index (χ1n) is 9.04. The lowest BCUT2D eigenvalue weighted by Crippen LogP contribution is -2.51. The topological polar surface area (TPSA) is 83.7 Å². The third-order valence-corrected chi connectivity index (χ3v) is 8.92. The van der Waals surface area contributed by atoms with E-state index in [1.54, 1.807) is 11.0 Å². The fourth-order valence-corrected chi connectivity index (χ4v) is 7.24. The number of hydrogen-bond acceptors (Lipinski definition) is 7. The second-order valence-electron chi connectivity index (χ2n) is 6.86. The molecule has 0 bridgehead atoms. The van der Waals surface area contributed by atoms with Crippen LogP contribution < -0.4 is 0 Å². The van der Waals surface area contributed by atoms with Gasteiger partial charge >= 0.3 is 0 Å². The first kappa shape index (κ1) is 21.4. The van der Waals surface area contributed by atoms with E-state index in [0.29, 0.717) is 42.6 Å². The quantitative estimate of drug-likeness (QED) is 0.683. The number of aryl methyl sites for hydroxylation is 4. The van der Waals surface area contributed by atoms with Gasteiger partial charge in [0.1, 0.15) is 5.76 Å². The summed E-state index contributed by atoms with van der Waals surface area (Å²) in [5.41, 5.74) is 1.89. The largest absolute Gasteiger partial charge is 0.361 e. The molecule has 2 aromatic rings. The lowest BCUT2D eigenvalue weighted by Gasteiger charge is -2.34. The number of hydrogen-bond donors (Lipinski definition) is 0. The van der Waals surface area contributed by atoms with Crippen molar-refractivity contribution in [2.75, 3.05) is 31.9 Å². The van der Waals surface area contributed by atoms with E-state index in [2.05, 4.69) is 5.16 Å². The highest BCUT2D eigenvalue weighted by Crippen LogP contribution is 2.28. The van der Waals surface area contributed by atoms with Crippen molar-refractivity contribution in [2.24, 2.45) is 0 Å². The van der Waals surface area contributed by atoms with Crippen molar-refractivity contribution in [3.8, 4) is 0 Å². The van der Waals surface area contributed by atoms with Crippen molar-refractivity contribution in [1.29, 1.82) is 0 Å². The highest BCUT2D eigenvalue weighted by molar-refractivity contribution is 7.99. The molecule has 0 aliphatic carbocycles. The summed E-state index contributed by atoms with van der Waals surface area (Å²) in [5.74, 6) is 1.86. The number of rotatable bonds is 6. The van der Waals surface area contributed by atoms with Crippen molar-refractivity contribution in [3.05, 3.63) is 32.8 Å². The van der Waals surface area contributed by atoms with E-state index >= 15 is 0 Å². The minimum Gasteiger partial charge on any atom is -0.361 e. The minimum atomic E-state index is -3.49. The number of amides is 1. The predicted molar refractivity (Wildman–Crippen MR) is 111 cm³/mol. The summed E-state index contributed by atoms with van der Waals surface area (Å²) in [5, 5.41) is 3.92. The third-order valence-electron chi connectivity index (χ3n) is 4.86. The van der Waals surface area contributed by atoms with Crippen LogP contribution in [0.5, 0.6) is 0 Å². The van der Waals surface area contributed by atoms with Gasteiger partial charge in [0.2, 0.25) is 15.9 Å². The molecule has 10 heteroatoms. The van der Waals surface area contributed by atoms with Crippen LogP contribution in [0.25, 0.3) is 0 Å². The maximum Gasteiger partial charge on any atom is 0.244 e. The molecule has 1 fully saturated rings. The predicted octanol–water partition coefficient (Wildman–Crippen LogP) is 2.74. The molecule has 0 aromatic carbocycles. The zero-order chi connectivity index (χ0) is 20.5. The Morgan fingerprint density at radius 3 is 2.43 bits per heavy atom. The number of carbonyl (C=O) groups excluding carboxylic acids is 1. The van der Waals surface area contributed by atoms with Gasteiger partial charge in [-0.05, 0) is 33.8 Å². The molecule has 3 rings (SSSR count). The molecule has 1 amide bonds. The maximum absolute atomic E-state index is 12.9. The van der Waals surface area contributed by atoms with Crippen molar-refractivity contribution < 1.29 is 17.7 Å². The molecule has 0 unspecified atom stereocenters.